The van der Waals surface area contributed by atoms with Gasteiger partial charge < -0.3 is 15.2 Å². The SMILES string of the molecule is COc1cc([C@@H](N)C(F)F)ccc1OC(C)=O. The van der Waals surface area contributed by atoms with Crippen molar-refractivity contribution in [3.8, 4) is 11.5 Å². The average Bonchev–Trinajstić information content (AvgIpc) is 2.27. The molecule has 1 aromatic rings. The fraction of sp³-hybridized carbons (Fsp3) is 0.364. The summed E-state index contributed by atoms with van der Waals surface area (Å²) in [6.45, 7) is 1.23. The van der Waals surface area contributed by atoms with Crippen LogP contribution in [0.5, 0.6) is 11.5 Å². The Kier molecular flexibility index (Phi) is 4.39. The number of ether oxygens (including phenoxy) is 2. The molecule has 0 aliphatic heterocycles. The van der Waals surface area contributed by atoms with E-state index in [2.05, 4.69) is 0 Å². The number of alkyl halides is 2. The molecule has 94 valence electrons. The number of nitrogens with two attached hydrogens (primary N) is 1. The zero-order valence-electron chi connectivity index (χ0n) is 9.44. The number of carbonyl (C=O) groups excluding carboxylic acids is 1. The van der Waals surface area contributed by atoms with Crippen LogP contribution in [0.25, 0.3) is 0 Å². The fourth-order valence-corrected chi connectivity index (χ4v) is 1.28. The Bertz CT molecular complexity index is 410. The van der Waals surface area contributed by atoms with Crippen molar-refractivity contribution in [3.63, 3.8) is 0 Å². The fourth-order valence-electron chi connectivity index (χ4n) is 1.28. The first-order chi connectivity index (χ1) is 7.95. The van der Waals surface area contributed by atoms with Crippen LogP contribution in [0.3, 0.4) is 0 Å². The first-order valence-corrected chi connectivity index (χ1v) is 4.85. The van der Waals surface area contributed by atoms with E-state index >= 15 is 0 Å². The first-order valence-electron chi connectivity index (χ1n) is 4.85. The van der Waals surface area contributed by atoms with E-state index in [0.717, 1.165) is 0 Å². The molecule has 4 nitrogen and oxygen atoms in total. The molecule has 17 heavy (non-hydrogen) atoms. The van der Waals surface area contributed by atoms with Crippen LogP contribution in [0.4, 0.5) is 8.78 Å². The van der Waals surface area contributed by atoms with Gasteiger partial charge in [0.15, 0.2) is 11.5 Å². The van der Waals surface area contributed by atoms with Gasteiger partial charge in [0, 0.05) is 6.92 Å². The summed E-state index contributed by atoms with van der Waals surface area (Å²) >= 11 is 0. The number of carbonyl (C=O) groups is 1. The molecule has 0 unspecified atom stereocenters. The van der Waals surface area contributed by atoms with Crippen molar-refractivity contribution in [3.05, 3.63) is 23.8 Å². The molecular weight excluding hydrogens is 232 g/mol. The van der Waals surface area contributed by atoms with Gasteiger partial charge in [0.25, 0.3) is 6.43 Å². The van der Waals surface area contributed by atoms with Crippen molar-refractivity contribution in [2.24, 2.45) is 5.73 Å². The van der Waals surface area contributed by atoms with Gasteiger partial charge in [-0.3, -0.25) is 4.79 Å². The molecule has 0 spiro atoms. The van der Waals surface area contributed by atoms with E-state index in [0.29, 0.717) is 0 Å². The Hall–Kier alpha value is -1.69. The van der Waals surface area contributed by atoms with Gasteiger partial charge in [-0.2, -0.15) is 0 Å². The third kappa shape index (κ3) is 3.39. The Morgan fingerprint density at radius 1 is 1.35 bits per heavy atom. The largest absolute Gasteiger partial charge is 0.493 e. The van der Waals surface area contributed by atoms with Gasteiger partial charge in [0.1, 0.15) is 0 Å². The van der Waals surface area contributed by atoms with E-state index in [4.69, 9.17) is 15.2 Å². The maximum atomic E-state index is 12.4. The standard InChI is InChI=1S/C11H13F2NO3/c1-6(15)17-8-4-3-7(5-9(8)16-2)10(14)11(12)13/h3-5,10-11H,14H2,1-2H3/t10-/m1/s1. The Labute approximate surface area is 97.3 Å². The molecular formula is C11H13F2NO3. The van der Waals surface area contributed by atoms with Crippen molar-refractivity contribution in [1.82, 2.24) is 0 Å². The lowest BCUT2D eigenvalue weighted by molar-refractivity contribution is -0.132. The number of benzene rings is 1. The van der Waals surface area contributed by atoms with Crippen molar-refractivity contribution in [2.45, 2.75) is 19.4 Å². The molecule has 0 aromatic heterocycles. The highest BCUT2D eigenvalue weighted by Crippen LogP contribution is 2.31. The minimum absolute atomic E-state index is 0.171. The first kappa shape index (κ1) is 13.4. The number of hydrogen-bond acceptors (Lipinski definition) is 4. The van der Waals surface area contributed by atoms with Crippen LogP contribution in [-0.4, -0.2) is 19.5 Å². The lowest BCUT2D eigenvalue weighted by Crippen LogP contribution is -2.19. The molecule has 1 rings (SSSR count). The summed E-state index contributed by atoms with van der Waals surface area (Å²) in [6.07, 6.45) is -2.67. The molecule has 6 heteroatoms. The molecule has 0 fully saturated rings. The highest BCUT2D eigenvalue weighted by molar-refractivity contribution is 5.70. The normalized spacial score (nSPS) is 12.4. The van der Waals surface area contributed by atoms with Crippen molar-refractivity contribution >= 4 is 5.97 Å². The summed E-state index contributed by atoms with van der Waals surface area (Å²) in [7, 11) is 1.35. The maximum absolute atomic E-state index is 12.4. The van der Waals surface area contributed by atoms with Crippen LogP contribution in [0.1, 0.15) is 18.5 Å². The Morgan fingerprint density at radius 3 is 2.47 bits per heavy atom. The zero-order valence-corrected chi connectivity index (χ0v) is 9.44. The predicted octanol–water partition coefficient (Wildman–Crippen LogP) is 1.89. The Balaban J connectivity index is 3.03. The average molecular weight is 245 g/mol. The minimum Gasteiger partial charge on any atom is -0.493 e. The van der Waals surface area contributed by atoms with Crippen LogP contribution < -0.4 is 15.2 Å². The van der Waals surface area contributed by atoms with Crippen LogP contribution >= 0.6 is 0 Å². The third-order valence-corrected chi connectivity index (χ3v) is 2.10. The molecule has 1 atom stereocenters. The van der Waals surface area contributed by atoms with Gasteiger partial charge in [-0.25, -0.2) is 8.78 Å². The summed E-state index contributed by atoms with van der Waals surface area (Å²) in [6, 6.07) is 2.68. The molecule has 0 bridgehead atoms. The molecule has 1 aromatic carbocycles. The van der Waals surface area contributed by atoms with Crippen molar-refractivity contribution in [2.75, 3.05) is 7.11 Å². The summed E-state index contributed by atoms with van der Waals surface area (Å²) in [5.74, 6) is -0.159. The second kappa shape index (κ2) is 5.58. The Morgan fingerprint density at radius 2 is 2.00 bits per heavy atom. The van der Waals surface area contributed by atoms with E-state index < -0.39 is 18.4 Å². The third-order valence-electron chi connectivity index (χ3n) is 2.10. The van der Waals surface area contributed by atoms with E-state index in [1.807, 2.05) is 0 Å². The highest BCUT2D eigenvalue weighted by atomic mass is 19.3. The minimum atomic E-state index is -2.67. The second-order valence-corrected chi connectivity index (χ2v) is 3.36. The van der Waals surface area contributed by atoms with Gasteiger partial charge in [0.2, 0.25) is 0 Å². The summed E-state index contributed by atoms with van der Waals surface area (Å²) < 4.78 is 34.6. The van der Waals surface area contributed by atoms with Crippen LogP contribution in [-0.2, 0) is 4.79 Å². The van der Waals surface area contributed by atoms with Gasteiger partial charge >= 0.3 is 5.97 Å². The smallest absolute Gasteiger partial charge is 0.308 e. The monoisotopic (exact) mass is 245 g/mol. The number of hydrogen-bond donors (Lipinski definition) is 1. The lowest BCUT2D eigenvalue weighted by atomic mass is 10.1. The number of rotatable bonds is 4. The molecule has 0 saturated carbocycles. The van der Waals surface area contributed by atoms with Crippen LogP contribution in [0.2, 0.25) is 0 Å². The van der Waals surface area contributed by atoms with Crippen LogP contribution in [0.15, 0.2) is 18.2 Å². The summed E-state index contributed by atoms with van der Waals surface area (Å²) in [4.78, 5) is 10.8. The van der Waals surface area contributed by atoms with Crippen molar-refractivity contribution in [1.29, 1.82) is 0 Å². The zero-order chi connectivity index (χ0) is 13.0. The highest BCUT2D eigenvalue weighted by Gasteiger charge is 2.19. The summed E-state index contributed by atoms with van der Waals surface area (Å²) in [5.41, 5.74) is 5.51. The van der Waals surface area contributed by atoms with E-state index in [-0.39, 0.29) is 17.1 Å². The topological polar surface area (TPSA) is 61.6 Å². The molecule has 0 heterocycles. The van der Waals surface area contributed by atoms with Gasteiger partial charge in [-0.1, -0.05) is 6.07 Å². The number of methoxy groups -OCH3 is 1. The molecule has 0 radical (unpaired) electrons. The van der Waals surface area contributed by atoms with Crippen LogP contribution in [0, 0.1) is 0 Å². The molecule has 2 N–H and O–H groups in total. The number of esters is 1. The van der Waals surface area contributed by atoms with Gasteiger partial charge in [-0.15, -0.1) is 0 Å². The van der Waals surface area contributed by atoms with E-state index in [9.17, 15) is 13.6 Å². The van der Waals surface area contributed by atoms with Gasteiger partial charge in [-0.05, 0) is 17.7 Å². The quantitative estimate of drug-likeness (QED) is 0.650. The van der Waals surface area contributed by atoms with E-state index in [1.165, 1.54) is 32.2 Å². The van der Waals surface area contributed by atoms with Crippen molar-refractivity contribution < 1.29 is 23.0 Å². The molecule has 0 amide bonds. The second-order valence-electron chi connectivity index (χ2n) is 3.36. The predicted molar refractivity (Wildman–Crippen MR) is 57.2 cm³/mol. The van der Waals surface area contributed by atoms with E-state index in [1.54, 1.807) is 0 Å². The summed E-state index contributed by atoms with van der Waals surface area (Å²) in [5, 5.41) is 0. The molecule has 0 aliphatic rings. The maximum Gasteiger partial charge on any atom is 0.308 e. The number of halogens is 2. The van der Waals surface area contributed by atoms with Gasteiger partial charge in [0.05, 0.1) is 13.2 Å². The molecule has 0 saturated heterocycles. The molecule has 0 aliphatic carbocycles. The lowest BCUT2D eigenvalue weighted by Gasteiger charge is -2.14.